The highest BCUT2D eigenvalue weighted by molar-refractivity contribution is 5.80. The Morgan fingerprint density at radius 1 is 1.24 bits per heavy atom. The van der Waals surface area contributed by atoms with Crippen molar-refractivity contribution in [3.63, 3.8) is 0 Å². The Morgan fingerprint density at radius 2 is 2.10 bits per heavy atom. The zero-order valence-electron chi connectivity index (χ0n) is 15.8. The molecule has 0 spiro atoms. The number of aryl methyl sites for hydroxylation is 1. The van der Waals surface area contributed by atoms with Gasteiger partial charge in [0.25, 0.3) is 0 Å². The molecule has 3 aromatic heterocycles. The molecule has 144 valence electrons. The Bertz CT molecular complexity index is 1240. The molecule has 0 aliphatic carbocycles. The van der Waals surface area contributed by atoms with E-state index in [4.69, 9.17) is 10.00 Å². The van der Waals surface area contributed by atoms with Crippen LogP contribution in [0.4, 0.5) is 10.2 Å². The summed E-state index contributed by atoms with van der Waals surface area (Å²) in [6.07, 6.45) is 3.25. The molecule has 0 fully saturated rings. The van der Waals surface area contributed by atoms with Crippen LogP contribution in [0, 0.1) is 24.1 Å². The third-order valence-corrected chi connectivity index (χ3v) is 4.71. The maximum absolute atomic E-state index is 14.2. The van der Waals surface area contributed by atoms with Gasteiger partial charge in [0.05, 0.1) is 7.11 Å². The number of fused-ring (bicyclic) bond motifs is 1. The molecule has 0 amide bonds. The number of anilines is 1. The lowest BCUT2D eigenvalue weighted by Crippen LogP contribution is -2.07. The second-order valence-corrected chi connectivity index (χ2v) is 6.43. The van der Waals surface area contributed by atoms with Gasteiger partial charge < -0.3 is 10.1 Å². The normalized spacial score (nSPS) is 10.7. The molecule has 0 saturated heterocycles. The number of hydrogen-bond acceptors (Lipinski definition) is 6. The Kier molecular flexibility index (Phi) is 4.79. The van der Waals surface area contributed by atoms with Crippen molar-refractivity contribution < 1.29 is 9.13 Å². The van der Waals surface area contributed by atoms with E-state index in [1.807, 2.05) is 25.1 Å². The van der Waals surface area contributed by atoms with Crippen molar-refractivity contribution in [2.75, 3.05) is 12.4 Å². The predicted octanol–water partition coefficient (Wildman–Crippen LogP) is 3.73. The third-order valence-electron chi connectivity index (χ3n) is 4.71. The molecule has 4 aromatic rings. The molecule has 0 unspecified atom stereocenters. The van der Waals surface area contributed by atoms with Crippen molar-refractivity contribution in [2.45, 2.75) is 13.5 Å². The Balaban J connectivity index is 1.70. The van der Waals surface area contributed by atoms with Crippen molar-refractivity contribution in [1.82, 2.24) is 19.6 Å². The van der Waals surface area contributed by atoms with Gasteiger partial charge in [-0.3, -0.25) is 4.40 Å². The number of aromatic nitrogens is 4. The molecule has 0 bridgehead atoms. The van der Waals surface area contributed by atoms with Crippen LogP contribution in [-0.2, 0) is 6.54 Å². The molecule has 0 aliphatic rings. The van der Waals surface area contributed by atoms with E-state index in [9.17, 15) is 4.39 Å². The number of halogens is 1. The van der Waals surface area contributed by atoms with Gasteiger partial charge in [-0.2, -0.15) is 5.26 Å². The highest BCUT2D eigenvalue weighted by atomic mass is 19.1. The van der Waals surface area contributed by atoms with Crippen LogP contribution in [0.1, 0.15) is 16.8 Å². The summed E-state index contributed by atoms with van der Waals surface area (Å²) in [4.78, 5) is 4.16. The number of hydrogen-bond donors (Lipinski definition) is 1. The molecular weight excluding hydrogens is 371 g/mol. The van der Waals surface area contributed by atoms with Crippen LogP contribution in [0.15, 0.2) is 48.9 Å². The minimum Gasteiger partial charge on any atom is -0.496 e. The lowest BCUT2D eigenvalue weighted by Gasteiger charge is -2.14. The van der Waals surface area contributed by atoms with E-state index in [-0.39, 0.29) is 12.4 Å². The number of ether oxygens (including phenoxy) is 1. The number of pyridine rings is 2. The zero-order chi connectivity index (χ0) is 20.4. The van der Waals surface area contributed by atoms with Crippen molar-refractivity contribution >= 4 is 11.5 Å². The van der Waals surface area contributed by atoms with Gasteiger partial charge >= 0.3 is 0 Å². The van der Waals surface area contributed by atoms with Crippen molar-refractivity contribution in [1.29, 1.82) is 5.26 Å². The number of methoxy groups -OCH3 is 1. The van der Waals surface area contributed by atoms with Gasteiger partial charge in [-0.15, -0.1) is 10.2 Å². The summed E-state index contributed by atoms with van der Waals surface area (Å²) in [5.41, 5.74) is 4.05. The molecule has 1 aromatic carbocycles. The van der Waals surface area contributed by atoms with Crippen LogP contribution in [0.5, 0.6) is 5.75 Å². The third kappa shape index (κ3) is 3.34. The van der Waals surface area contributed by atoms with E-state index in [1.165, 1.54) is 13.2 Å². The van der Waals surface area contributed by atoms with Crippen molar-refractivity contribution in [2.24, 2.45) is 0 Å². The van der Waals surface area contributed by atoms with Gasteiger partial charge in [-0.05, 0) is 42.8 Å². The molecule has 8 heteroatoms. The Morgan fingerprint density at radius 3 is 2.86 bits per heavy atom. The first kappa shape index (κ1) is 18.4. The van der Waals surface area contributed by atoms with E-state index in [1.54, 1.807) is 35.1 Å². The molecule has 0 saturated carbocycles. The van der Waals surface area contributed by atoms with E-state index in [2.05, 4.69) is 20.5 Å². The summed E-state index contributed by atoms with van der Waals surface area (Å²) in [6.45, 7) is 2.15. The summed E-state index contributed by atoms with van der Waals surface area (Å²) in [5.74, 6) is 0.847. The van der Waals surface area contributed by atoms with Crippen LogP contribution in [-0.4, -0.2) is 26.7 Å². The minimum atomic E-state index is -0.340. The van der Waals surface area contributed by atoms with Crippen molar-refractivity contribution in [3.05, 3.63) is 71.6 Å². The molecule has 3 heterocycles. The molecule has 0 atom stereocenters. The van der Waals surface area contributed by atoms with E-state index < -0.39 is 0 Å². The van der Waals surface area contributed by atoms with E-state index >= 15 is 0 Å². The molecule has 29 heavy (non-hydrogen) atoms. The van der Waals surface area contributed by atoms with Gasteiger partial charge in [-0.1, -0.05) is 6.07 Å². The van der Waals surface area contributed by atoms with Crippen LogP contribution in [0.25, 0.3) is 16.8 Å². The number of rotatable bonds is 5. The molecule has 4 rings (SSSR count). The largest absolute Gasteiger partial charge is 0.496 e. The fraction of sp³-hybridized carbons (Fsp3) is 0.143. The second kappa shape index (κ2) is 7.56. The van der Waals surface area contributed by atoms with Crippen LogP contribution < -0.4 is 10.1 Å². The Hall–Kier alpha value is -3.99. The standard InChI is InChI=1S/C21H17FN6O/c1-13-8-14(9-23)24-10-16(13)15-6-7-20(28-12-26-27-21(15)28)25-11-17-18(22)4-3-5-19(17)29-2/h3-8,10,12,25H,11H2,1-2H3. The number of nitrogens with one attached hydrogen (secondary N) is 1. The lowest BCUT2D eigenvalue weighted by atomic mass is 10.0. The highest BCUT2D eigenvalue weighted by Crippen LogP contribution is 2.29. The predicted molar refractivity (Wildman–Crippen MR) is 106 cm³/mol. The zero-order valence-corrected chi connectivity index (χ0v) is 15.8. The van der Waals surface area contributed by atoms with E-state index in [0.29, 0.717) is 28.5 Å². The second-order valence-electron chi connectivity index (χ2n) is 6.43. The smallest absolute Gasteiger partial charge is 0.170 e. The molecule has 1 N–H and O–H groups in total. The first-order valence-corrected chi connectivity index (χ1v) is 8.87. The lowest BCUT2D eigenvalue weighted by molar-refractivity contribution is 0.405. The topological polar surface area (TPSA) is 88.1 Å². The molecule has 0 aliphatic heterocycles. The summed E-state index contributed by atoms with van der Waals surface area (Å²) in [5, 5.41) is 20.5. The van der Waals surface area contributed by atoms with Crippen LogP contribution in [0.2, 0.25) is 0 Å². The summed E-state index contributed by atoms with van der Waals surface area (Å²) < 4.78 is 21.3. The highest BCUT2D eigenvalue weighted by Gasteiger charge is 2.14. The quantitative estimate of drug-likeness (QED) is 0.560. The molecule has 0 radical (unpaired) electrons. The monoisotopic (exact) mass is 388 g/mol. The average Bonchev–Trinajstić information content (AvgIpc) is 3.23. The van der Waals surface area contributed by atoms with Gasteiger partial charge in [0.1, 0.15) is 35.5 Å². The summed E-state index contributed by atoms with van der Waals surface area (Å²) in [7, 11) is 1.51. The van der Waals surface area contributed by atoms with Gasteiger partial charge in [-0.25, -0.2) is 9.37 Å². The van der Waals surface area contributed by atoms with Gasteiger partial charge in [0.2, 0.25) is 0 Å². The minimum absolute atomic E-state index is 0.236. The number of benzene rings is 1. The maximum atomic E-state index is 14.2. The first-order chi connectivity index (χ1) is 14.1. The van der Waals surface area contributed by atoms with E-state index in [0.717, 1.165) is 16.7 Å². The van der Waals surface area contributed by atoms with Crippen LogP contribution >= 0.6 is 0 Å². The maximum Gasteiger partial charge on any atom is 0.170 e. The molecule has 7 nitrogen and oxygen atoms in total. The summed E-state index contributed by atoms with van der Waals surface area (Å²) in [6, 6.07) is 12.3. The fourth-order valence-corrected chi connectivity index (χ4v) is 3.25. The summed E-state index contributed by atoms with van der Waals surface area (Å²) >= 11 is 0. The molecular formula is C21H17FN6O. The van der Waals surface area contributed by atoms with Crippen molar-refractivity contribution in [3.8, 4) is 22.9 Å². The number of nitrogens with zero attached hydrogens (tertiary/aromatic N) is 5. The van der Waals surface area contributed by atoms with Gasteiger partial charge in [0.15, 0.2) is 5.65 Å². The van der Waals surface area contributed by atoms with Crippen LogP contribution in [0.3, 0.4) is 0 Å². The first-order valence-electron chi connectivity index (χ1n) is 8.87. The average molecular weight is 388 g/mol. The fourth-order valence-electron chi connectivity index (χ4n) is 3.25. The number of nitriles is 1. The van der Waals surface area contributed by atoms with Gasteiger partial charge in [0, 0.05) is 29.4 Å². The SMILES string of the molecule is COc1cccc(F)c1CNc1ccc(-c2cnc(C#N)cc2C)c2nncn12. The Labute approximate surface area is 166 Å².